The minimum absolute atomic E-state index is 0.161. The Bertz CT molecular complexity index is 87.9. The van der Waals surface area contributed by atoms with Crippen molar-refractivity contribution in [2.45, 2.75) is 19.4 Å². The van der Waals surface area contributed by atoms with Gasteiger partial charge in [0.15, 0.2) is 0 Å². The summed E-state index contributed by atoms with van der Waals surface area (Å²) in [7, 11) is 3.08. The Morgan fingerprint density at radius 1 is 1.36 bits per heavy atom. The monoisotopic (exact) mass is 182 g/mol. The predicted octanol–water partition coefficient (Wildman–Crippen LogP) is 0.396. The van der Waals surface area contributed by atoms with E-state index in [1.807, 2.05) is 6.92 Å². The van der Waals surface area contributed by atoms with E-state index in [9.17, 15) is 0 Å². The van der Waals surface area contributed by atoms with E-state index >= 15 is 0 Å². The van der Waals surface area contributed by atoms with Crippen molar-refractivity contribution in [3.8, 4) is 0 Å². The summed E-state index contributed by atoms with van der Waals surface area (Å²) in [6.07, 6.45) is 0.816. The molecule has 1 unspecified atom stereocenters. The molecule has 0 aromatic carbocycles. The lowest BCUT2D eigenvalue weighted by atomic mass is 10.3. The molecule has 2 N–H and O–H groups in total. The summed E-state index contributed by atoms with van der Waals surface area (Å²) in [6.45, 7) is 2.50. The maximum atomic E-state index is 5.50. The van der Waals surface area contributed by atoms with E-state index in [0.29, 0.717) is 6.61 Å². The standard InChI is InChI=1S/C6H16NO3S/c1-6(7)4-5-10-11(8-2)9-3/h6H,4-5,7H2,1-3H3/q+1. The molecule has 5 heteroatoms. The molecule has 11 heavy (non-hydrogen) atoms. The van der Waals surface area contributed by atoms with E-state index in [1.165, 1.54) is 0 Å². The van der Waals surface area contributed by atoms with Crippen molar-refractivity contribution in [3.05, 3.63) is 0 Å². The van der Waals surface area contributed by atoms with Gasteiger partial charge in [-0.25, -0.2) is 0 Å². The van der Waals surface area contributed by atoms with Crippen LogP contribution in [0.5, 0.6) is 0 Å². The highest BCUT2D eigenvalue weighted by Crippen LogP contribution is 2.01. The number of hydrogen-bond donors (Lipinski definition) is 1. The zero-order valence-electron chi connectivity index (χ0n) is 7.20. The summed E-state index contributed by atoms with van der Waals surface area (Å²) < 4.78 is 14.8. The van der Waals surface area contributed by atoms with Gasteiger partial charge >= 0.3 is 11.7 Å². The summed E-state index contributed by atoms with van der Waals surface area (Å²) in [6, 6.07) is 0.161. The van der Waals surface area contributed by atoms with Crippen LogP contribution in [-0.2, 0) is 24.3 Å². The first kappa shape index (κ1) is 11.2. The largest absolute Gasteiger partial charge is 0.507 e. The Kier molecular flexibility index (Phi) is 6.99. The van der Waals surface area contributed by atoms with Crippen LogP contribution < -0.4 is 5.73 Å². The average molecular weight is 182 g/mol. The first-order valence-corrected chi connectivity index (χ1v) is 4.42. The molecular formula is C6H16NO3S+. The van der Waals surface area contributed by atoms with E-state index in [-0.39, 0.29) is 6.04 Å². The minimum Gasteiger partial charge on any atom is -0.328 e. The lowest BCUT2D eigenvalue weighted by Gasteiger charge is -2.01. The van der Waals surface area contributed by atoms with Crippen LogP contribution in [0.25, 0.3) is 0 Å². The Morgan fingerprint density at radius 2 is 1.91 bits per heavy atom. The molecule has 0 bridgehead atoms. The van der Waals surface area contributed by atoms with Crippen LogP contribution in [0.2, 0.25) is 0 Å². The van der Waals surface area contributed by atoms with Crippen molar-refractivity contribution < 1.29 is 12.5 Å². The SMILES string of the molecule is CO[S+](OC)OCCC(C)N. The Labute approximate surface area is 71.0 Å². The first-order chi connectivity index (χ1) is 5.20. The summed E-state index contributed by atoms with van der Waals surface area (Å²) in [5.74, 6) is 0. The van der Waals surface area contributed by atoms with Crippen LogP contribution in [0.15, 0.2) is 0 Å². The molecule has 0 rings (SSSR count). The second-order valence-electron chi connectivity index (χ2n) is 2.13. The third-order valence-corrected chi connectivity index (χ3v) is 1.93. The van der Waals surface area contributed by atoms with Gasteiger partial charge in [0.05, 0.1) is 14.2 Å². The molecule has 0 aromatic rings. The fourth-order valence-corrected chi connectivity index (χ4v) is 1.03. The zero-order chi connectivity index (χ0) is 8.69. The molecule has 0 fully saturated rings. The highest BCUT2D eigenvalue weighted by molar-refractivity contribution is 7.82. The zero-order valence-corrected chi connectivity index (χ0v) is 8.02. The van der Waals surface area contributed by atoms with Crippen molar-refractivity contribution >= 4 is 11.7 Å². The molecule has 0 amide bonds. The van der Waals surface area contributed by atoms with Gasteiger partial charge in [0, 0.05) is 6.04 Å². The molecule has 4 nitrogen and oxygen atoms in total. The molecule has 0 saturated carbocycles. The van der Waals surface area contributed by atoms with E-state index in [2.05, 4.69) is 0 Å². The van der Waals surface area contributed by atoms with Crippen LogP contribution in [0.4, 0.5) is 0 Å². The third kappa shape index (κ3) is 6.58. The number of hydrogen-bond acceptors (Lipinski definition) is 4. The van der Waals surface area contributed by atoms with Crippen LogP contribution in [-0.4, -0.2) is 26.9 Å². The maximum absolute atomic E-state index is 5.50. The summed E-state index contributed by atoms with van der Waals surface area (Å²) >= 11 is -0.810. The van der Waals surface area contributed by atoms with E-state index in [1.54, 1.807) is 14.2 Å². The lowest BCUT2D eigenvalue weighted by molar-refractivity contribution is 0.221. The van der Waals surface area contributed by atoms with Gasteiger partial charge in [-0.2, -0.15) is 0 Å². The van der Waals surface area contributed by atoms with Gasteiger partial charge < -0.3 is 5.73 Å². The highest BCUT2D eigenvalue weighted by atomic mass is 32.3. The normalized spacial score (nSPS) is 13.9. The van der Waals surface area contributed by atoms with Crippen LogP contribution in [0.1, 0.15) is 13.3 Å². The molecule has 0 aliphatic rings. The van der Waals surface area contributed by atoms with Gasteiger partial charge in [-0.3, -0.25) is 0 Å². The second-order valence-corrected chi connectivity index (χ2v) is 3.44. The first-order valence-electron chi connectivity index (χ1n) is 3.42. The molecule has 68 valence electrons. The Balaban J connectivity index is 3.21. The fraction of sp³-hybridized carbons (Fsp3) is 1.00. The quantitative estimate of drug-likeness (QED) is 0.604. The van der Waals surface area contributed by atoms with Crippen molar-refractivity contribution in [3.63, 3.8) is 0 Å². The van der Waals surface area contributed by atoms with Crippen LogP contribution in [0.3, 0.4) is 0 Å². The van der Waals surface area contributed by atoms with Crippen LogP contribution >= 0.6 is 0 Å². The second kappa shape index (κ2) is 6.87. The third-order valence-electron chi connectivity index (χ3n) is 1.02. The molecule has 0 radical (unpaired) electrons. The molecule has 0 saturated heterocycles. The molecule has 0 aliphatic heterocycles. The maximum Gasteiger partial charge on any atom is 0.507 e. The van der Waals surface area contributed by atoms with E-state index in [4.69, 9.17) is 18.3 Å². The van der Waals surface area contributed by atoms with Gasteiger partial charge in [0.25, 0.3) is 0 Å². The predicted molar refractivity (Wildman–Crippen MR) is 45.6 cm³/mol. The van der Waals surface area contributed by atoms with E-state index < -0.39 is 11.7 Å². The molecular weight excluding hydrogens is 166 g/mol. The topological polar surface area (TPSA) is 53.7 Å². The van der Waals surface area contributed by atoms with Crippen molar-refractivity contribution in [2.24, 2.45) is 5.73 Å². The van der Waals surface area contributed by atoms with E-state index in [0.717, 1.165) is 6.42 Å². The molecule has 0 aliphatic carbocycles. The lowest BCUT2D eigenvalue weighted by Crippen LogP contribution is -2.19. The van der Waals surface area contributed by atoms with Crippen molar-refractivity contribution in [2.75, 3.05) is 20.8 Å². The Hall–Kier alpha value is 0.190. The summed E-state index contributed by atoms with van der Waals surface area (Å²) in [4.78, 5) is 0. The number of rotatable bonds is 6. The molecule has 0 heterocycles. The molecule has 1 atom stereocenters. The van der Waals surface area contributed by atoms with Crippen molar-refractivity contribution in [1.29, 1.82) is 0 Å². The highest BCUT2D eigenvalue weighted by Gasteiger charge is 2.21. The Morgan fingerprint density at radius 3 is 2.27 bits per heavy atom. The van der Waals surface area contributed by atoms with Crippen molar-refractivity contribution in [1.82, 2.24) is 0 Å². The number of nitrogens with two attached hydrogens (primary N) is 1. The van der Waals surface area contributed by atoms with Gasteiger partial charge in [-0.05, 0) is 13.3 Å². The molecule has 0 aromatic heterocycles. The summed E-state index contributed by atoms with van der Waals surface area (Å²) in [5, 5.41) is 0. The van der Waals surface area contributed by atoms with Gasteiger partial charge in [0.1, 0.15) is 6.61 Å². The average Bonchev–Trinajstić information content (AvgIpc) is 1.98. The minimum atomic E-state index is -0.810. The fourth-order valence-electron chi connectivity index (χ4n) is 0.466. The van der Waals surface area contributed by atoms with Crippen LogP contribution in [0, 0.1) is 0 Å². The van der Waals surface area contributed by atoms with Gasteiger partial charge in [-0.15, -0.1) is 12.5 Å². The van der Waals surface area contributed by atoms with Gasteiger partial charge in [-0.1, -0.05) is 0 Å². The van der Waals surface area contributed by atoms with Gasteiger partial charge in [0.2, 0.25) is 0 Å². The smallest absolute Gasteiger partial charge is 0.328 e. The molecule has 0 spiro atoms. The summed E-state index contributed by atoms with van der Waals surface area (Å²) in [5.41, 5.74) is 5.50.